The molecule has 1 N–H and O–H groups in total. The van der Waals surface area contributed by atoms with Gasteiger partial charge in [-0.3, -0.25) is 10.1 Å². The molecule has 0 radical (unpaired) electrons. The minimum Gasteiger partial charge on any atom is -0.376 e. The third-order valence-corrected chi connectivity index (χ3v) is 2.64. The SMILES string of the molecule is O=[N+]([O-])c1cnc(Cl)nc1NC[C@H]1CCCO1. The van der Waals surface area contributed by atoms with Crippen LogP contribution in [0.5, 0.6) is 0 Å². The molecular weight excluding hydrogens is 248 g/mol. The van der Waals surface area contributed by atoms with Crippen LogP contribution in [0.3, 0.4) is 0 Å². The second-order valence-corrected chi connectivity index (χ2v) is 3.98. The van der Waals surface area contributed by atoms with Crippen molar-refractivity contribution in [3.8, 4) is 0 Å². The molecule has 2 heterocycles. The molecule has 1 aromatic heterocycles. The lowest BCUT2D eigenvalue weighted by Crippen LogP contribution is -2.19. The van der Waals surface area contributed by atoms with Crippen LogP contribution < -0.4 is 5.32 Å². The highest BCUT2D eigenvalue weighted by Crippen LogP contribution is 2.22. The Morgan fingerprint density at radius 2 is 2.53 bits per heavy atom. The number of anilines is 1. The predicted octanol–water partition coefficient (Wildman–Crippen LogP) is 1.63. The normalized spacial score (nSPS) is 19.2. The van der Waals surface area contributed by atoms with E-state index in [0.717, 1.165) is 25.6 Å². The molecule has 17 heavy (non-hydrogen) atoms. The first-order chi connectivity index (χ1) is 8.16. The van der Waals surface area contributed by atoms with Gasteiger partial charge in [-0.15, -0.1) is 0 Å². The van der Waals surface area contributed by atoms with E-state index in [1.807, 2.05) is 0 Å². The Bertz CT molecular complexity index is 423. The molecule has 1 aliphatic heterocycles. The number of halogens is 1. The Kier molecular flexibility index (Phi) is 3.70. The molecule has 0 unspecified atom stereocenters. The molecule has 0 bridgehead atoms. The highest BCUT2D eigenvalue weighted by molar-refractivity contribution is 6.28. The molecule has 0 saturated carbocycles. The van der Waals surface area contributed by atoms with E-state index >= 15 is 0 Å². The number of hydrogen-bond acceptors (Lipinski definition) is 6. The third-order valence-electron chi connectivity index (χ3n) is 2.46. The molecule has 0 aromatic carbocycles. The molecule has 0 aliphatic carbocycles. The van der Waals surface area contributed by atoms with Gasteiger partial charge in [0, 0.05) is 13.2 Å². The second kappa shape index (κ2) is 5.24. The van der Waals surface area contributed by atoms with Crippen LogP contribution >= 0.6 is 11.6 Å². The van der Waals surface area contributed by atoms with Crippen molar-refractivity contribution < 1.29 is 9.66 Å². The van der Waals surface area contributed by atoms with Crippen molar-refractivity contribution in [2.75, 3.05) is 18.5 Å². The van der Waals surface area contributed by atoms with Crippen molar-refractivity contribution in [3.63, 3.8) is 0 Å². The van der Waals surface area contributed by atoms with E-state index in [2.05, 4.69) is 15.3 Å². The highest BCUT2D eigenvalue weighted by atomic mass is 35.5. The monoisotopic (exact) mass is 258 g/mol. The lowest BCUT2D eigenvalue weighted by Gasteiger charge is -2.10. The van der Waals surface area contributed by atoms with Crippen LogP contribution in [-0.4, -0.2) is 34.1 Å². The Morgan fingerprint density at radius 3 is 3.18 bits per heavy atom. The summed E-state index contributed by atoms with van der Waals surface area (Å²) in [6.45, 7) is 1.22. The van der Waals surface area contributed by atoms with E-state index in [1.165, 1.54) is 0 Å². The van der Waals surface area contributed by atoms with Crippen LogP contribution in [0, 0.1) is 10.1 Å². The summed E-state index contributed by atoms with van der Waals surface area (Å²) in [4.78, 5) is 17.6. The molecule has 1 atom stereocenters. The number of ether oxygens (including phenoxy) is 1. The molecule has 2 rings (SSSR count). The molecule has 8 heteroatoms. The molecule has 92 valence electrons. The van der Waals surface area contributed by atoms with Crippen LogP contribution in [0.25, 0.3) is 0 Å². The topological polar surface area (TPSA) is 90.2 Å². The summed E-state index contributed by atoms with van der Waals surface area (Å²) in [5.74, 6) is 0.130. The van der Waals surface area contributed by atoms with Crippen molar-refractivity contribution in [2.24, 2.45) is 0 Å². The largest absolute Gasteiger partial charge is 0.376 e. The predicted molar refractivity (Wildman–Crippen MR) is 61.2 cm³/mol. The number of nitrogens with one attached hydrogen (secondary N) is 1. The lowest BCUT2D eigenvalue weighted by molar-refractivity contribution is -0.384. The summed E-state index contributed by atoms with van der Waals surface area (Å²) < 4.78 is 5.40. The summed E-state index contributed by atoms with van der Waals surface area (Å²) in [5.41, 5.74) is -0.188. The molecule has 1 aromatic rings. The van der Waals surface area contributed by atoms with Crippen LogP contribution in [0.15, 0.2) is 6.20 Å². The van der Waals surface area contributed by atoms with E-state index in [0.29, 0.717) is 6.54 Å². The molecule has 0 amide bonds. The number of nitro groups is 1. The van der Waals surface area contributed by atoms with Gasteiger partial charge in [-0.05, 0) is 24.4 Å². The van der Waals surface area contributed by atoms with Crippen LogP contribution in [0.4, 0.5) is 11.5 Å². The maximum Gasteiger partial charge on any atom is 0.329 e. The number of aromatic nitrogens is 2. The zero-order chi connectivity index (χ0) is 12.3. The number of hydrogen-bond donors (Lipinski definition) is 1. The highest BCUT2D eigenvalue weighted by Gasteiger charge is 2.20. The number of nitrogens with zero attached hydrogens (tertiary/aromatic N) is 3. The van der Waals surface area contributed by atoms with Crippen molar-refractivity contribution in [1.29, 1.82) is 0 Å². The fourth-order valence-electron chi connectivity index (χ4n) is 1.63. The second-order valence-electron chi connectivity index (χ2n) is 3.65. The molecule has 1 aliphatic rings. The van der Waals surface area contributed by atoms with Gasteiger partial charge in [0.1, 0.15) is 6.20 Å². The Balaban J connectivity index is 2.07. The zero-order valence-corrected chi connectivity index (χ0v) is 9.68. The molecule has 1 fully saturated rings. The first-order valence-corrected chi connectivity index (χ1v) is 5.57. The van der Waals surface area contributed by atoms with Gasteiger partial charge in [0.15, 0.2) is 0 Å². The summed E-state index contributed by atoms with van der Waals surface area (Å²) in [7, 11) is 0. The Labute approximate surface area is 102 Å². The van der Waals surface area contributed by atoms with E-state index in [1.54, 1.807) is 0 Å². The molecular formula is C9H11ClN4O3. The van der Waals surface area contributed by atoms with Crippen LogP contribution in [0.2, 0.25) is 5.28 Å². The summed E-state index contributed by atoms with van der Waals surface area (Å²) in [6, 6.07) is 0. The standard InChI is InChI=1S/C9H11ClN4O3/c10-9-12-5-7(14(15)16)8(13-9)11-4-6-2-1-3-17-6/h5-6H,1-4H2,(H,11,12,13)/t6-/m1/s1. The smallest absolute Gasteiger partial charge is 0.329 e. The Hall–Kier alpha value is -1.47. The number of rotatable bonds is 4. The van der Waals surface area contributed by atoms with Crippen molar-refractivity contribution in [2.45, 2.75) is 18.9 Å². The first kappa shape index (κ1) is 12.0. The quantitative estimate of drug-likeness (QED) is 0.501. The van der Waals surface area contributed by atoms with Crippen molar-refractivity contribution >= 4 is 23.1 Å². The van der Waals surface area contributed by atoms with Gasteiger partial charge in [0.2, 0.25) is 11.1 Å². The van der Waals surface area contributed by atoms with Gasteiger partial charge >= 0.3 is 5.69 Å². The van der Waals surface area contributed by atoms with E-state index < -0.39 is 4.92 Å². The van der Waals surface area contributed by atoms with Crippen LogP contribution in [-0.2, 0) is 4.74 Å². The van der Waals surface area contributed by atoms with Gasteiger partial charge in [0.25, 0.3) is 0 Å². The summed E-state index contributed by atoms with van der Waals surface area (Å²) in [6.07, 6.45) is 3.12. The lowest BCUT2D eigenvalue weighted by atomic mass is 10.2. The molecule has 1 saturated heterocycles. The van der Waals surface area contributed by atoms with Gasteiger partial charge in [-0.1, -0.05) is 0 Å². The maximum atomic E-state index is 10.7. The minimum absolute atomic E-state index is 0.0227. The maximum absolute atomic E-state index is 10.7. The third kappa shape index (κ3) is 3.01. The summed E-state index contributed by atoms with van der Waals surface area (Å²) in [5, 5.41) is 13.6. The van der Waals surface area contributed by atoms with E-state index in [-0.39, 0.29) is 22.9 Å². The fraction of sp³-hybridized carbons (Fsp3) is 0.556. The van der Waals surface area contributed by atoms with Gasteiger partial charge in [-0.25, -0.2) is 4.98 Å². The van der Waals surface area contributed by atoms with Crippen molar-refractivity contribution in [3.05, 3.63) is 21.6 Å². The fourth-order valence-corrected chi connectivity index (χ4v) is 1.77. The Morgan fingerprint density at radius 1 is 1.71 bits per heavy atom. The van der Waals surface area contributed by atoms with E-state index in [9.17, 15) is 10.1 Å². The van der Waals surface area contributed by atoms with E-state index in [4.69, 9.17) is 16.3 Å². The molecule has 7 nitrogen and oxygen atoms in total. The van der Waals surface area contributed by atoms with Gasteiger partial charge in [-0.2, -0.15) is 4.98 Å². The average molecular weight is 259 g/mol. The minimum atomic E-state index is -0.547. The zero-order valence-electron chi connectivity index (χ0n) is 8.93. The first-order valence-electron chi connectivity index (χ1n) is 5.19. The van der Waals surface area contributed by atoms with Gasteiger partial charge in [0.05, 0.1) is 11.0 Å². The van der Waals surface area contributed by atoms with Crippen molar-refractivity contribution in [1.82, 2.24) is 9.97 Å². The summed E-state index contributed by atoms with van der Waals surface area (Å²) >= 11 is 5.60. The average Bonchev–Trinajstić information content (AvgIpc) is 2.78. The van der Waals surface area contributed by atoms with Gasteiger partial charge < -0.3 is 10.1 Å². The molecule has 0 spiro atoms. The van der Waals surface area contributed by atoms with Crippen LogP contribution in [0.1, 0.15) is 12.8 Å².